The molecule has 0 aromatic rings. The van der Waals surface area contributed by atoms with Crippen LogP contribution >= 0.6 is 0 Å². The molecule has 3 saturated carbocycles. The van der Waals surface area contributed by atoms with Crippen LogP contribution < -0.4 is 0 Å². The number of hydrogen-bond acceptors (Lipinski definition) is 6. The monoisotopic (exact) mass is 380 g/mol. The van der Waals surface area contributed by atoms with Gasteiger partial charge < -0.3 is 28.8 Å². The molecule has 4 atom stereocenters. The molecular weight excluding hydrogens is 348 g/mol. The number of aliphatic hydroxyl groups is 1. The molecule has 4 unspecified atom stereocenters. The minimum absolute atomic E-state index is 0.316. The van der Waals surface area contributed by atoms with Crippen LogP contribution in [0, 0.1) is 0 Å². The van der Waals surface area contributed by atoms with Crippen LogP contribution in [0.2, 0.25) is 0 Å². The first-order chi connectivity index (χ1) is 13.2. The van der Waals surface area contributed by atoms with Crippen LogP contribution in [0.4, 0.5) is 0 Å². The van der Waals surface area contributed by atoms with Gasteiger partial charge in [-0.05, 0) is 25.7 Å². The lowest BCUT2D eigenvalue weighted by molar-refractivity contribution is -0.225. The molecule has 2 saturated heterocycles. The number of ether oxygens (including phenoxy) is 5. The van der Waals surface area contributed by atoms with Crippen molar-refractivity contribution in [2.75, 3.05) is 6.61 Å². The van der Waals surface area contributed by atoms with Gasteiger partial charge in [0.1, 0.15) is 36.6 Å². The van der Waals surface area contributed by atoms with Crippen LogP contribution in [0.25, 0.3) is 0 Å². The Morgan fingerprint density at radius 3 is 1.67 bits per heavy atom. The smallest absolute Gasteiger partial charge is 0.169 e. The highest BCUT2D eigenvalue weighted by Crippen LogP contribution is 2.51. The fourth-order valence-corrected chi connectivity index (χ4v) is 5.75. The fourth-order valence-electron chi connectivity index (χ4n) is 5.75. The molecule has 0 aromatic heterocycles. The first kappa shape index (κ1) is 18.5. The second-order valence-corrected chi connectivity index (χ2v) is 8.85. The average Bonchev–Trinajstić information content (AvgIpc) is 3.23. The highest BCUT2D eigenvalue weighted by atomic mass is 16.8. The topological polar surface area (TPSA) is 66.4 Å². The van der Waals surface area contributed by atoms with Crippen molar-refractivity contribution >= 4 is 0 Å². The van der Waals surface area contributed by atoms with Crippen LogP contribution in [-0.2, 0) is 23.7 Å². The van der Waals surface area contributed by atoms with Crippen molar-refractivity contribution in [3.63, 3.8) is 0 Å². The Morgan fingerprint density at radius 1 is 0.778 bits per heavy atom. The fraction of sp³-hybridized carbons (Fsp3) is 0.905. The maximum absolute atomic E-state index is 11.1. The summed E-state index contributed by atoms with van der Waals surface area (Å²) < 4.78 is 31.9. The molecular formula is C21H32O6. The largest absolute Gasteiger partial charge is 0.387 e. The van der Waals surface area contributed by atoms with Gasteiger partial charge in [-0.2, -0.15) is 0 Å². The van der Waals surface area contributed by atoms with Crippen molar-refractivity contribution in [2.45, 2.75) is 112 Å². The van der Waals surface area contributed by atoms with E-state index in [-0.39, 0.29) is 18.3 Å². The van der Waals surface area contributed by atoms with E-state index in [2.05, 4.69) is 6.58 Å². The molecule has 152 valence electrons. The Balaban J connectivity index is 1.41. The molecule has 0 aromatic carbocycles. The van der Waals surface area contributed by atoms with Gasteiger partial charge in [0.25, 0.3) is 0 Å². The van der Waals surface area contributed by atoms with E-state index in [1.165, 1.54) is 12.8 Å². The molecule has 0 bridgehead atoms. The summed E-state index contributed by atoms with van der Waals surface area (Å²) in [5, 5.41) is 11.1. The summed E-state index contributed by atoms with van der Waals surface area (Å²) in [6.45, 7) is 4.20. The lowest BCUT2D eigenvalue weighted by atomic mass is 9.85. The lowest BCUT2D eigenvalue weighted by Crippen LogP contribution is -2.62. The molecule has 3 aliphatic carbocycles. The van der Waals surface area contributed by atoms with Gasteiger partial charge in [-0.25, -0.2) is 0 Å². The Morgan fingerprint density at radius 2 is 1.22 bits per heavy atom. The highest BCUT2D eigenvalue weighted by Gasteiger charge is 2.66. The molecule has 6 nitrogen and oxygen atoms in total. The first-order valence-electron chi connectivity index (χ1n) is 10.8. The quantitative estimate of drug-likeness (QED) is 0.760. The van der Waals surface area contributed by atoms with Gasteiger partial charge in [-0.3, -0.25) is 0 Å². The van der Waals surface area contributed by atoms with Gasteiger partial charge in [-0.15, -0.1) is 6.58 Å². The maximum Gasteiger partial charge on any atom is 0.169 e. The van der Waals surface area contributed by atoms with E-state index in [4.69, 9.17) is 23.7 Å². The molecule has 5 fully saturated rings. The van der Waals surface area contributed by atoms with Gasteiger partial charge in [-0.1, -0.05) is 18.9 Å². The number of hydrogen-bond donors (Lipinski definition) is 1. The minimum Gasteiger partial charge on any atom is -0.387 e. The third kappa shape index (κ3) is 3.09. The van der Waals surface area contributed by atoms with Crippen molar-refractivity contribution in [3.05, 3.63) is 12.7 Å². The predicted molar refractivity (Wildman–Crippen MR) is 97.1 cm³/mol. The lowest BCUT2D eigenvalue weighted by Gasteiger charge is -2.40. The third-order valence-corrected chi connectivity index (χ3v) is 7.01. The summed E-state index contributed by atoms with van der Waals surface area (Å²) in [5.41, 5.74) is 0. The molecule has 5 rings (SSSR count). The van der Waals surface area contributed by atoms with E-state index in [0.717, 1.165) is 51.4 Å². The molecule has 1 N–H and O–H groups in total. The SMILES string of the molecule is C=CCOC1C2OC3(CCCCC3)OC2C(O)C2OC3(CCCCC3)OC21. The van der Waals surface area contributed by atoms with Gasteiger partial charge in [0.05, 0.1) is 6.61 Å². The summed E-state index contributed by atoms with van der Waals surface area (Å²) in [6.07, 6.45) is 9.45. The molecule has 0 radical (unpaired) electrons. The zero-order valence-corrected chi connectivity index (χ0v) is 16.0. The zero-order valence-electron chi connectivity index (χ0n) is 16.0. The van der Waals surface area contributed by atoms with Gasteiger partial charge in [0.2, 0.25) is 0 Å². The first-order valence-corrected chi connectivity index (χ1v) is 10.8. The summed E-state index contributed by atoms with van der Waals surface area (Å²) in [6, 6.07) is 0. The summed E-state index contributed by atoms with van der Waals surface area (Å²) in [5.74, 6) is -1.16. The molecule has 2 spiro atoms. The van der Waals surface area contributed by atoms with E-state index in [0.29, 0.717) is 6.61 Å². The molecule has 0 amide bonds. The van der Waals surface area contributed by atoms with E-state index in [1.807, 2.05) is 0 Å². The molecule has 27 heavy (non-hydrogen) atoms. The van der Waals surface area contributed by atoms with Crippen LogP contribution in [0.3, 0.4) is 0 Å². The second-order valence-electron chi connectivity index (χ2n) is 8.85. The Hall–Kier alpha value is -0.500. The molecule has 2 heterocycles. The van der Waals surface area contributed by atoms with E-state index >= 15 is 0 Å². The van der Waals surface area contributed by atoms with E-state index < -0.39 is 29.9 Å². The molecule has 6 heteroatoms. The van der Waals surface area contributed by atoms with Crippen molar-refractivity contribution in [1.82, 2.24) is 0 Å². The average molecular weight is 380 g/mol. The van der Waals surface area contributed by atoms with E-state index in [1.54, 1.807) is 6.08 Å². The minimum atomic E-state index is -0.758. The van der Waals surface area contributed by atoms with Crippen molar-refractivity contribution < 1.29 is 28.8 Å². The number of aliphatic hydroxyl groups excluding tert-OH is 1. The maximum atomic E-state index is 11.1. The number of rotatable bonds is 3. The number of fused-ring (bicyclic) bond motifs is 2. The van der Waals surface area contributed by atoms with Crippen molar-refractivity contribution in [3.8, 4) is 0 Å². The molecule has 2 aliphatic heterocycles. The highest BCUT2D eigenvalue weighted by molar-refractivity contribution is 5.10. The van der Waals surface area contributed by atoms with Crippen LogP contribution in [-0.4, -0.2) is 59.9 Å². The summed E-state index contributed by atoms with van der Waals surface area (Å²) >= 11 is 0. The van der Waals surface area contributed by atoms with Gasteiger partial charge in [0.15, 0.2) is 11.6 Å². The third-order valence-electron chi connectivity index (χ3n) is 7.01. The van der Waals surface area contributed by atoms with Crippen molar-refractivity contribution in [2.24, 2.45) is 0 Å². The normalized spacial score (nSPS) is 44.9. The van der Waals surface area contributed by atoms with Crippen LogP contribution in [0.15, 0.2) is 12.7 Å². The van der Waals surface area contributed by atoms with Crippen LogP contribution in [0.5, 0.6) is 0 Å². The second kappa shape index (κ2) is 7.08. The Bertz CT molecular complexity index is 511. The standard InChI is InChI=1S/C21H32O6/c1-2-13-23-17-18-15(24-20(26-18)9-5-3-6-10-20)14(22)16-19(17)27-21(25-16)11-7-4-8-12-21/h2,14-19,22H,1,3-13H2. The van der Waals surface area contributed by atoms with Gasteiger partial charge in [0, 0.05) is 25.7 Å². The Kier molecular flexibility index (Phi) is 4.86. The zero-order chi connectivity index (χ0) is 18.5. The Labute approximate surface area is 161 Å². The van der Waals surface area contributed by atoms with E-state index in [9.17, 15) is 5.11 Å². The molecule has 5 aliphatic rings. The van der Waals surface area contributed by atoms with Crippen LogP contribution in [0.1, 0.15) is 64.2 Å². The predicted octanol–water partition coefficient (Wildman–Crippen LogP) is 2.82. The van der Waals surface area contributed by atoms with Gasteiger partial charge >= 0.3 is 0 Å². The van der Waals surface area contributed by atoms with Crippen molar-refractivity contribution in [1.29, 1.82) is 0 Å². The summed E-state index contributed by atoms with van der Waals surface area (Å²) in [4.78, 5) is 0. The summed E-state index contributed by atoms with van der Waals surface area (Å²) in [7, 11) is 0.